The van der Waals surface area contributed by atoms with Crippen LogP contribution in [0.2, 0.25) is 5.02 Å². The molecule has 1 saturated heterocycles. The predicted molar refractivity (Wildman–Crippen MR) is 79.1 cm³/mol. The first-order chi connectivity index (χ1) is 9.61. The molecular weight excluding hydrogens is 276 g/mol. The predicted octanol–water partition coefficient (Wildman–Crippen LogP) is 2.96. The average Bonchev–Trinajstić information content (AvgIpc) is 3.03. The Balaban J connectivity index is 2.01. The SMILES string of the molecule is Cc1c(C(=O)N2CCCC2CN)oc2ccc(Cl)cc12. The molecule has 0 radical (unpaired) electrons. The van der Waals surface area contributed by atoms with Gasteiger partial charge in [0, 0.05) is 35.1 Å². The molecule has 106 valence electrons. The Morgan fingerprint density at radius 2 is 2.35 bits per heavy atom. The van der Waals surface area contributed by atoms with Gasteiger partial charge < -0.3 is 15.1 Å². The van der Waals surface area contributed by atoms with E-state index in [1.807, 2.05) is 17.9 Å². The lowest BCUT2D eigenvalue weighted by molar-refractivity contribution is 0.0710. The van der Waals surface area contributed by atoms with E-state index in [0.717, 1.165) is 30.3 Å². The van der Waals surface area contributed by atoms with Crippen LogP contribution in [0.5, 0.6) is 0 Å². The number of hydrogen-bond donors (Lipinski definition) is 1. The van der Waals surface area contributed by atoms with E-state index in [1.54, 1.807) is 12.1 Å². The van der Waals surface area contributed by atoms with Crippen LogP contribution in [0.4, 0.5) is 0 Å². The Labute approximate surface area is 122 Å². The number of halogens is 1. The fourth-order valence-electron chi connectivity index (χ4n) is 2.88. The average molecular weight is 293 g/mol. The number of nitrogens with zero attached hydrogens (tertiary/aromatic N) is 1. The van der Waals surface area contributed by atoms with E-state index in [4.69, 9.17) is 21.8 Å². The summed E-state index contributed by atoms with van der Waals surface area (Å²) in [5.41, 5.74) is 7.27. The molecule has 4 nitrogen and oxygen atoms in total. The van der Waals surface area contributed by atoms with Gasteiger partial charge in [-0.25, -0.2) is 0 Å². The number of hydrogen-bond acceptors (Lipinski definition) is 3. The van der Waals surface area contributed by atoms with Crippen LogP contribution in [0, 0.1) is 6.92 Å². The Hall–Kier alpha value is -1.52. The van der Waals surface area contributed by atoms with Gasteiger partial charge in [0.25, 0.3) is 5.91 Å². The van der Waals surface area contributed by atoms with Gasteiger partial charge in [0.2, 0.25) is 0 Å². The van der Waals surface area contributed by atoms with Crippen molar-refractivity contribution in [3.63, 3.8) is 0 Å². The number of amides is 1. The summed E-state index contributed by atoms with van der Waals surface area (Å²) in [5.74, 6) is 0.338. The molecule has 1 aromatic heterocycles. The summed E-state index contributed by atoms with van der Waals surface area (Å²) in [6.45, 7) is 3.14. The molecule has 20 heavy (non-hydrogen) atoms. The quantitative estimate of drug-likeness (QED) is 0.926. The second kappa shape index (κ2) is 5.11. The van der Waals surface area contributed by atoms with E-state index in [2.05, 4.69) is 0 Å². The van der Waals surface area contributed by atoms with Crippen LogP contribution in [0.15, 0.2) is 22.6 Å². The molecule has 1 aromatic carbocycles. The maximum absolute atomic E-state index is 12.6. The summed E-state index contributed by atoms with van der Waals surface area (Å²) in [6, 6.07) is 5.52. The first-order valence-electron chi connectivity index (χ1n) is 6.81. The van der Waals surface area contributed by atoms with Gasteiger partial charge in [0.15, 0.2) is 5.76 Å². The molecule has 2 heterocycles. The van der Waals surface area contributed by atoms with Gasteiger partial charge in [0.1, 0.15) is 5.58 Å². The molecule has 0 saturated carbocycles. The first kappa shape index (κ1) is 13.5. The van der Waals surface area contributed by atoms with Gasteiger partial charge in [0.05, 0.1) is 0 Å². The van der Waals surface area contributed by atoms with E-state index in [-0.39, 0.29) is 11.9 Å². The zero-order valence-corrected chi connectivity index (χ0v) is 12.1. The summed E-state index contributed by atoms with van der Waals surface area (Å²) in [6.07, 6.45) is 1.96. The van der Waals surface area contributed by atoms with Crippen LogP contribution in [0.25, 0.3) is 11.0 Å². The van der Waals surface area contributed by atoms with Crippen molar-refractivity contribution in [2.24, 2.45) is 5.73 Å². The number of carbonyl (C=O) groups excluding carboxylic acids is 1. The number of carbonyl (C=O) groups is 1. The van der Waals surface area contributed by atoms with Gasteiger partial charge in [-0.2, -0.15) is 0 Å². The van der Waals surface area contributed by atoms with Crippen molar-refractivity contribution in [1.29, 1.82) is 0 Å². The zero-order valence-electron chi connectivity index (χ0n) is 11.4. The fourth-order valence-corrected chi connectivity index (χ4v) is 3.05. The van der Waals surface area contributed by atoms with Crippen molar-refractivity contribution >= 4 is 28.5 Å². The highest BCUT2D eigenvalue weighted by Crippen LogP contribution is 2.30. The van der Waals surface area contributed by atoms with Crippen LogP contribution in [0.3, 0.4) is 0 Å². The summed E-state index contributed by atoms with van der Waals surface area (Å²) in [7, 11) is 0. The molecule has 0 bridgehead atoms. The minimum absolute atomic E-state index is 0.0669. The molecule has 1 aliphatic rings. The van der Waals surface area contributed by atoms with Gasteiger partial charge in [-0.1, -0.05) is 11.6 Å². The molecule has 1 atom stereocenters. The standard InChI is InChI=1S/C15H17ClN2O2/c1-9-12-7-10(16)4-5-13(12)20-14(9)15(19)18-6-2-3-11(18)8-17/h4-5,7,11H,2-3,6,8,17H2,1H3. The van der Waals surface area contributed by atoms with Crippen molar-refractivity contribution in [3.8, 4) is 0 Å². The molecule has 2 aromatic rings. The van der Waals surface area contributed by atoms with E-state index < -0.39 is 0 Å². The number of furan rings is 1. The Morgan fingerprint density at radius 3 is 3.10 bits per heavy atom. The van der Waals surface area contributed by atoms with E-state index >= 15 is 0 Å². The third-order valence-electron chi connectivity index (χ3n) is 4.00. The monoisotopic (exact) mass is 292 g/mol. The zero-order chi connectivity index (χ0) is 14.3. The number of rotatable bonds is 2. The van der Waals surface area contributed by atoms with Crippen LogP contribution in [-0.4, -0.2) is 29.9 Å². The minimum Gasteiger partial charge on any atom is -0.451 e. The highest BCUT2D eigenvalue weighted by molar-refractivity contribution is 6.31. The Kier molecular flexibility index (Phi) is 3.44. The van der Waals surface area contributed by atoms with E-state index in [0.29, 0.717) is 22.9 Å². The third-order valence-corrected chi connectivity index (χ3v) is 4.24. The molecule has 2 N–H and O–H groups in total. The highest BCUT2D eigenvalue weighted by Gasteiger charge is 2.31. The third kappa shape index (κ3) is 2.09. The fraction of sp³-hybridized carbons (Fsp3) is 0.400. The molecular formula is C15H17ClN2O2. The highest BCUT2D eigenvalue weighted by atomic mass is 35.5. The molecule has 5 heteroatoms. The van der Waals surface area contributed by atoms with Crippen molar-refractivity contribution in [2.75, 3.05) is 13.1 Å². The number of fused-ring (bicyclic) bond motifs is 1. The first-order valence-corrected chi connectivity index (χ1v) is 7.19. The maximum atomic E-state index is 12.6. The van der Waals surface area contributed by atoms with Crippen molar-refractivity contribution in [3.05, 3.63) is 34.5 Å². The van der Waals surface area contributed by atoms with Gasteiger partial charge in [-0.3, -0.25) is 4.79 Å². The topological polar surface area (TPSA) is 59.5 Å². The van der Waals surface area contributed by atoms with Crippen LogP contribution < -0.4 is 5.73 Å². The van der Waals surface area contributed by atoms with Crippen molar-refractivity contribution in [1.82, 2.24) is 4.90 Å². The van der Waals surface area contributed by atoms with Crippen LogP contribution in [0.1, 0.15) is 29.0 Å². The van der Waals surface area contributed by atoms with Crippen molar-refractivity contribution < 1.29 is 9.21 Å². The lowest BCUT2D eigenvalue weighted by Crippen LogP contribution is -2.40. The van der Waals surface area contributed by atoms with Crippen LogP contribution in [-0.2, 0) is 0 Å². The number of nitrogens with two attached hydrogens (primary N) is 1. The molecule has 0 aliphatic carbocycles. The Bertz CT molecular complexity index is 665. The van der Waals surface area contributed by atoms with E-state index in [1.165, 1.54) is 0 Å². The molecule has 1 aliphatic heterocycles. The number of aryl methyl sites for hydroxylation is 1. The minimum atomic E-state index is -0.0669. The van der Waals surface area contributed by atoms with Crippen LogP contribution >= 0.6 is 11.6 Å². The van der Waals surface area contributed by atoms with Gasteiger partial charge in [-0.05, 0) is 38.0 Å². The normalized spacial score (nSPS) is 18.9. The van der Waals surface area contributed by atoms with E-state index in [9.17, 15) is 4.79 Å². The maximum Gasteiger partial charge on any atom is 0.290 e. The number of benzene rings is 1. The summed E-state index contributed by atoms with van der Waals surface area (Å²) in [5, 5.41) is 1.53. The second-order valence-electron chi connectivity index (χ2n) is 5.23. The lowest BCUT2D eigenvalue weighted by Gasteiger charge is -2.22. The van der Waals surface area contributed by atoms with Gasteiger partial charge in [-0.15, -0.1) is 0 Å². The molecule has 3 rings (SSSR count). The summed E-state index contributed by atoms with van der Waals surface area (Å²) in [4.78, 5) is 14.5. The number of likely N-dealkylation sites (tertiary alicyclic amines) is 1. The Morgan fingerprint density at radius 1 is 1.55 bits per heavy atom. The molecule has 1 fully saturated rings. The lowest BCUT2D eigenvalue weighted by atomic mass is 10.1. The molecule has 0 spiro atoms. The summed E-state index contributed by atoms with van der Waals surface area (Å²) < 4.78 is 5.73. The smallest absolute Gasteiger partial charge is 0.290 e. The largest absolute Gasteiger partial charge is 0.451 e. The van der Waals surface area contributed by atoms with Gasteiger partial charge >= 0.3 is 0 Å². The summed E-state index contributed by atoms with van der Waals surface area (Å²) >= 11 is 6.00. The molecule has 1 unspecified atom stereocenters. The molecule has 1 amide bonds. The second-order valence-corrected chi connectivity index (χ2v) is 5.66. The van der Waals surface area contributed by atoms with Crippen molar-refractivity contribution in [2.45, 2.75) is 25.8 Å².